The fourth-order valence-corrected chi connectivity index (χ4v) is 3.24. The zero-order valence-corrected chi connectivity index (χ0v) is 15.4. The summed E-state index contributed by atoms with van der Waals surface area (Å²) in [5.41, 5.74) is -0.888. The number of nitrogens with zero attached hydrogens (tertiary/aromatic N) is 5. The molecule has 0 aliphatic carbocycles. The van der Waals surface area contributed by atoms with Crippen molar-refractivity contribution < 1.29 is 5.11 Å². The maximum Gasteiger partial charge on any atom is 0.332 e. The Kier molecular flexibility index (Phi) is 4.47. The van der Waals surface area contributed by atoms with Gasteiger partial charge in [0.15, 0.2) is 11.2 Å². The number of imidazole rings is 1. The lowest BCUT2D eigenvalue weighted by molar-refractivity contribution is 0.431. The zero-order valence-electron chi connectivity index (χ0n) is 15.4. The molecule has 0 bridgehead atoms. The summed E-state index contributed by atoms with van der Waals surface area (Å²) in [6.45, 7) is 4.35. The third kappa shape index (κ3) is 2.38. The number of aromatic hydroxyl groups is 1. The van der Waals surface area contributed by atoms with Crippen LogP contribution in [0.4, 0.5) is 0 Å². The van der Waals surface area contributed by atoms with Crippen molar-refractivity contribution in [2.24, 2.45) is 14.1 Å². The van der Waals surface area contributed by atoms with E-state index in [1.54, 1.807) is 0 Å². The van der Waals surface area contributed by atoms with Gasteiger partial charge < -0.3 is 5.11 Å². The lowest BCUT2D eigenvalue weighted by Crippen LogP contribution is -2.37. The molecule has 0 unspecified atom stereocenters. The zero-order chi connectivity index (χ0) is 19.2. The second-order valence-electron chi connectivity index (χ2n) is 6.49. The molecule has 0 spiro atoms. The topological polar surface area (TPSA) is 104 Å². The van der Waals surface area contributed by atoms with E-state index >= 15 is 0 Å². The van der Waals surface area contributed by atoms with E-state index in [-0.39, 0.29) is 33.9 Å². The van der Waals surface area contributed by atoms with E-state index < -0.39 is 11.2 Å². The van der Waals surface area contributed by atoms with Gasteiger partial charge in [-0.25, -0.2) is 9.20 Å². The molecule has 9 nitrogen and oxygen atoms in total. The molecule has 0 saturated carbocycles. The fourth-order valence-electron chi connectivity index (χ4n) is 3.24. The van der Waals surface area contributed by atoms with Crippen molar-refractivity contribution in [1.82, 2.24) is 23.1 Å². The van der Waals surface area contributed by atoms with Crippen molar-refractivity contribution in [2.75, 3.05) is 0 Å². The molecule has 0 aliphatic heterocycles. The van der Waals surface area contributed by atoms with Crippen LogP contribution in [-0.4, -0.2) is 28.2 Å². The number of rotatable bonds is 5. The number of aromatic nitrogens is 5. The molecule has 3 aromatic rings. The predicted octanol–water partition coefficient (Wildman–Crippen LogP) is 0.505. The molecule has 3 heterocycles. The van der Waals surface area contributed by atoms with E-state index in [0.29, 0.717) is 19.4 Å². The average Bonchev–Trinajstić information content (AvgIpc) is 3.02. The molecule has 0 amide bonds. The van der Waals surface area contributed by atoms with Crippen LogP contribution in [0.5, 0.6) is 5.88 Å². The van der Waals surface area contributed by atoms with E-state index in [4.69, 9.17) is 0 Å². The Morgan fingerprint density at radius 2 is 1.69 bits per heavy atom. The van der Waals surface area contributed by atoms with Gasteiger partial charge in [-0.05, 0) is 12.8 Å². The highest BCUT2D eigenvalue weighted by Gasteiger charge is 2.23. The van der Waals surface area contributed by atoms with Crippen molar-refractivity contribution in [1.29, 1.82) is 0 Å². The van der Waals surface area contributed by atoms with Crippen molar-refractivity contribution in [3.8, 4) is 5.88 Å². The summed E-state index contributed by atoms with van der Waals surface area (Å²) in [7, 11) is 2.88. The Labute approximate surface area is 148 Å². The molecule has 0 aromatic carbocycles. The first-order valence-corrected chi connectivity index (χ1v) is 8.77. The molecule has 3 aromatic heterocycles. The Morgan fingerprint density at radius 3 is 2.31 bits per heavy atom. The number of fused-ring (bicyclic) bond motifs is 3. The normalized spacial score (nSPS) is 11.7. The van der Waals surface area contributed by atoms with Gasteiger partial charge in [-0.1, -0.05) is 26.7 Å². The molecule has 0 radical (unpaired) electrons. The molecular formula is C17H23N5O4. The SMILES string of the molecule is CCCCn1c(=O)c(CCC)c(O)n2c3c(=O)n(C)c(=O)n(C)c3nc12. The summed E-state index contributed by atoms with van der Waals surface area (Å²) in [4.78, 5) is 42.1. The van der Waals surface area contributed by atoms with E-state index in [1.807, 2.05) is 13.8 Å². The van der Waals surface area contributed by atoms with E-state index in [1.165, 1.54) is 27.6 Å². The number of unbranched alkanes of at least 4 members (excludes halogenated alkanes) is 1. The Morgan fingerprint density at radius 1 is 1.00 bits per heavy atom. The molecule has 0 saturated heterocycles. The molecule has 1 N–H and O–H groups in total. The van der Waals surface area contributed by atoms with Gasteiger partial charge in [0, 0.05) is 20.6 Å². The van der Waals surface area contributed by atoms with Crippen LogP contribution in [-0.2, 0) is 27.1 Å². The van der Waals surface area contributed by atoms with Crippen LogP contribution in [0.1, 0.15) is 38.7 Å². The predicted molar refractivity (Wildman–Crippen MR) is 98.0 cm³/mol. The summed E-state index contributed by atoms with van der Waals surface area (Å²) in [6.07, 6.45) is 2.69. The molecule has 3 rings (SSSR count). The number of aryl methyl sites for hydroxylation is 2. The summed E-state index contributed by atoms with van der Waals surface area (Å²) < 4.78 is 5.01. The van der Waals surface area contributed by atoms with E-state index in [2.05, 4.69) is 4.98 Å². The van der Waals surface area contributed by atoms with Gasteiger partial charge in [0.1, 0.15) is 0 Å². The molecule has 0 atom stereocenters. The largest absolute Gasteiger partial charge is 0.494 e. The average molecular weight is 361 g/mol. The first-order chi connectivity index (χ1) is 12.3. The Balaban J connectivity index is 2.61. The minimum Gasteiger partial charge on any atom is -0.494 e. The molecule has 0 fully saturated rings. The van der Waals surface area contributed by atoms with E-state index in [0.717, 1.165) is 17.4 Å². The monoisotopic (exact) mass is 361 g/mol. The van der Waals surface area contributed by atoms with Gasteiger partial charge in [0.25, 0.3) is 11.1 Å². The van der Waals surface area contributed by atoms with Crippen LogP contribution >= 0.6 is 0 Å². The second-order valence-corrected chi connectivity index (χ2v) is 6.49. The van der Waals surface area contributed by atoms with Gasteiger partial charge in [0.2, 0.25) is 11.7 Å². The third-order valence-electron chi connectivity index (χ3n) is 4.70. The number of hydrogen-bond donors (Lipinski definition) is 1. The maximum absolute atomic E-state index is 12.9. The molecule has 140 valence electrons. The van der Waals surface area contributed by atoms with Gasteiger partial charge >= 0.3 is 5.69 Å². The molecule has 26 heavy (non-hydrogen) atoms. The second kappa shape index (κ2) is 6.47. The van der Waals surface area contributed by atoms with E-state index in [9.17, 15) is 19.5 Å². The third-order valence-corrected chi connectivity index (χ3v) is 4.70. The van der Waals surface area contributed by atoms with Gasteiger partial charge in [-0.2, -0.15) is 4.98 Å². The summed E-state index contributed by atoms with van der Waals surface area (Å²) in [5.74, 6) is -0.105. The quantitative estimate of drug-likeness (QED) is 0.713. The highest BCUT2D eigenvalue weighted by atomic mass is 16.3. The van der Waals surface area contributed by atoms with Crippen molar-refractivity contribution in [3.05, 3.63) is 36.8 Å². The Bertz CT molecular complexity index is 1180. The fraction of sp³-hybridized carbons (Fsp3) is 0.529. The van der Waals surface area contributed by atoms with Crippen LogP contribution in [0.3, 0.4) is 0 Å². The lowest BCUT2D eigenvalue weighted by atomic mass is 10.2. The van der Waals surface area contributed by atoms with Gasteiger partial charge in [-0.15, -0.1) is 0 Å². The van der Waals surface area contributed by atoms with Gasteiger partial charge in [0.05, 0.1) is 5.56 Å². The lowest BCUT2D eigenvalue weighted by Gasteiger charge is -2.12. The van der Waals surface area contributed by atoms with Crippen molar-refractivity contribution in [3.63, 3.8) is 0 Å². The summed E-state index contributed by atoms with van der Waals surface area (Å²) >= 11 is 0. The van der Waals surface area contributed by atoms with Crippen LogP contribution in [0, 0.1) is 0 Å². The van der Waals surface area contributed by atoms with Gasteiger partial charge in [-0.3, -0.25) is 23.3 Å². The Hall–Kier alpha value is -2.84. The standard InChI is InChI=1S/C17H23N5O4/c1-5-7-9-21-13(23)10(8-6-2)14(24)22-11-12(18-16(21)22)19(3)17(26)20(4)15(11)25/h24H,5-9H2,1-4H3. The minimum absolute atomic E-state index is 0.0877. The van der Waals surface area contributed by atoms with Crippen LogP contribution in [0.2, 0.25) is 0 Å². The highest BCUT2D eigenvalue weighted by Crippen LogP contribution is 2.22. The maximum atomic E-state index is 12.9. The number of hydrogen-bond acceptors (Lipinski definition) is 5. The summed E-state index contributed by atoms with van der Waals surface area (Å²) in [5, 5.41) is 10.7. The first-order valence-electron chi connectivity index (χ1n) is 8.77. The van der Waals surface area contributed by atoms with Crippen LogP contribution in [0.25, 0.3) is 16.9 Å². The minimum atomic E-state index is -0.561. The smallest absolute Gasteiger partial charge is 0.332 e. The van der Waals surface area contributed by atoms with Crippen molar-refractivity contribution >= 4 is 16.9 Å². The molecule has 9 heteroatoms. The first kappa shape index (κ1) is 18.0. The molecule has 0 aliphatic rings. The van der Waals surface area contributed by atoms with Crippen molar-refractivity contribution in [2.45, 2.75) is 46.1 Å². The van der Waals surface area contributed by atoms with Crippen LogP contribution in [0.15, 0.2) is 14.4 Å². The molecular weight excluding hydrogens is 338 g/mol. The highest BCUT2D eigenvalue weighted by molar-refractivity contribution is 5.76. The van der Waals surface area contributed by atoms with Crippen LogP contribution < -0.4 is 16.8 Å². The summed E-state index contributed by atoms with van der Waals surface area (Å²) in [6, 6.07) is 0.